The highest BCUT2D eigenvalue weighted by atomic mass is 16.3. The van der Waals surface area contributed by atoms with Crippen molar-refractivity contribution in [3.05, 3.63) is 102 Å². The molecule has 31 heavy (non-hydrogen) atoms. The minimum absolute atomic E-state index is 0.00844. The van der Waals surface area contributed by atoms with E-state index < -0.39 is 0 Å². The van der Waals surface area contributed by atoms with Crippen molar-refractivity contribution in [1.82, 2.24) is 9.97 Å². The number of pyridine rings is 2. The van der Waals surface area contributed by atoms with Gasteiger partial charge in [-0.15, -0.1) is 0 Å². The molecular formula is C26H28N4O+2. The summed E-state index contributed by atoms with van der Waals surface area (Å²) in [6.07, 6.45) is 3.58. The third-order valence-electron chi connectivity index (χ3n) is 6.38. The Hall–Kier alpha value is -3.28. The maximum absolute atomic E-state index is 11.1. The van der Waals surface area contributed by atoms with E-state index in [2.05, 4.69) is 58.5 Å². The summed E-state index contributed by atoms with van der Waals surface area (Å²) >= 11 is 0. The van der Waals surface area contributed by atoms with E-state index in [1.54, 1.807) is 11.1 Å². The van der Waals surface area contributed by atoms with Gasteiger partial charge in [-0.1, -0.05) is 48.5 Å². The number of phenolic OH excluding ortho intramolecular Hbond substituents is 1. The van der Waals surface area contributed by atoms with E-state index in [0.717, 1.165) is 49.4 Å². The summed E-state index contributed by atoms with van der Waals surface area (Å²) in [5.41, 5.74) is 3.95. The van der Waals surface area contributed by atoms with E-state index in [4.69, 9.17) is 0 Å². The summed E-state index contributed by atoms with van der Waals surface area (Å²) in [5.74, 6) is 0.278. The van der Waals surface area contributed by atoms with Gasteiger partial charge < -0.3 is 14.9 Å². The van der Waals surface area contributed by atoms with Gasteiger partial charge in [0.1, 0.15) is 43.9 Å². The third-order valence-corrected chi connectivity index (χ3v) is 6.38. The van der Waals surface area contributed by atoms with Crippen LogP contribution in [0.3, 0.4) is 0 Å². The Morgan fingerprint density at radius 3 is 2.32 bits per heavy atom. The quantitative estimate of drug-likeness (QED) is 0.465. The van der Waals surface area contributed by atoms with Crippen LogP contribution in [-0.4, -0.2) is 41.3 Å². The van der Waals surface area contributed by atoms with Crippen molar-refractivity contribution >= 4 is 10.9 Å². The number of piperazine rings is 1. The largest absolute Gasteiger partial charge is 0.505 e. The van der Waals surface area contributed by atoms with Crippen LogP contribution in [-0.2, 0) is 6.54 Å². The number of benzene rings is 2. The first-order valence-corrected chi connectivity index (χ1v) is 11.0. The van der Waals surface area contributed by atoms with Crippen LogP contribution in [0.2, 0.25) is 0 Å². The van der Waals surface area contributed by atoms with Crippen molar-refractivity contribution in [2.75, 3.05) is 26.2 Å². The minimum atomic E-state index is -0.00844. The van der Waals surface area contributed by atoms with E-state index in [-0.39, 0.29) is 11.8 Å². The molecule has 2 aromatic heterocycles. The van der Waals surface area contributed by atoms with E-state index in [0.29, 0.717) is 5.52 Å². The highest BCUT2D eigenvalue weighted by Gasteiger charge is 2.34. The van der Waals surface area contributed by atoms with Gasteiger partial charge >= 0.3 is 0 Å². The average Bonchev–Trinajstić information content (AvgIpc) is 2.83. The predicted molar refractivity (Wildman–Crippen MR) is 121 cm³/mol. The first-order valence-electron chi connectivity index (χ1n) is 11.0. The van der Waals surface area contributed by atoms with Gasteiger partial charge in [-0.25, -0.2) is 0 Å². The molecule has 0 saturated carbocycles. The number of hydrogen-bond donors (Lipinski definition) is 3. The summed E-state index contributed by atoms with van der Waals surface area (Å²) in [4.78, 5) is 12.2. The summed E-state index contributed by atoms with van der Waals surface area (Å²) < 4.78 is 0. The number of hydrogen-bond acceptors (Lipinski definition) is 3. The van der Waals surface area contributed by atoms with Crippen molar-refractivity contribution < 1.29 is 14.9 Å². The third kappa shape index (κ3) is 4.15. The predicted octanol–water partition coefficient (Wildman–Crippen LogP) is 1.41. The Bertz CT molecular complexity index is 1140. The van der Waals surface area contributed by atoms with Crippen LogP contribution in [0.1, 0.15) is 22.9 Å². The first kappa shape index (κ1) is 19.7. The lowest BCUT2D eigenvalue weighted by Gasteiger charge is -2.34. The number of nitrogens with one attached hydrogen (secondary N) is 2. The standard InChI is InChI=1S/C26H26N4O/c31-26-22(12-11-21-9-6-14-28-24(21)26)25(23-10-4-5-13-27-23)30-17-15-29(16-18-30)19-20-7-2-1-3-8-20/h1-14,25,31H,15-19H2/p+2/t25-/m1/s1. The normalized spacial score (nSPS) is 19.9. The van der Waals surface area contributed by atoms with Crippen LogP contribution < -0.4 is 9.80 Å². The zero-order valence-electron chi connectivity index (χ0n) is 17.5. The fourth-order valence-corrected chi connectivity index (χ4v) is 4.79. The molecule has 5 rings (SSSR count). The van der Waals surface area contributed by atoms with E-state index in [1.165, 1.54) is 10.5 Å². The van der Waals surface area contributed by atoms with E-state index >= 15 is 0 Å². The summed E-state index contributed by atoms with van der Waals surface area (Å²) in [7, 11) is 0. The van der Waals surface area contributed by atoms with Crippen molar-refractivity contribution in [3.8, 4) is 5.75 Å². The van der Waals surface area contributed by atoms with Gasteiger partial charge in [0, 0.05) is 23.3 Å². The molecule has 1 fully saturated rings. The zero-order valence-corrected chi connectivity index (χ0v) is 17.5. The maximum Gasteiger partial charge on any atom is 0.160 e. The van der Waals surface area contributed by atoms with Crippen LogP contribution in [0.5, 0.6) is 5.75 Å². The van der Waals surface area contributed by atoms with Crippen LogP contribution >= 0.6 is 0 Å². The molecule has 0 spiro atoms. The number of fused-ring (bicyclic) bond motifs is 1. The van der Waals surface area contributed by atoms with Crippen LogP contribution in [0.4, 0.5) is 0 Å². The van der Waals surface area contributed by atoms with Crippen LogP contribution in [0.15, 0.2) is 85.2 Å². The van der Waals surface area contributed by atoms with Crippen molar-refractivity contribution in [1.29, 1.82) is 0 Å². The van der Waals surface area contributed by atoms with Gasteiger partial charge in [-0.3, -0.25) is 9.97 Å². The topological polar surface area (TPSA) is 54.9 Å². The first-order chi connectivity index (χ1) is 15.3. The molecule has 0 unspecified atom stereocenters. The number of phenols is 1. The molecule has 0 aliphatic carbocycles. The van der Waals surface area contributed by atoms with Crippen molar-refractivity contribution in [3.63, 3.8) is 0 Å². The lowest BCUT2D eigenvalue weighted by molar-refractivity contribution is -1.03. The molecule has 4 aromatic rings. The molecule has 1 atom stereocenters. The number of aromatic hydroxyl groups is 1. The number of nitrogens with zero attached hydrogens (tertiary/aromatic N) is 2. The van der Waals surface area contributed by atoms with E-state index in [9.17, 15) is 5.11 Å². The second-order valence-electron chi connectivity index (χ2n) is 8.34. The molecule has 2 aromatic carbocycles. The molecule has 3 heterocycles. The highest BCUT2D eigenvalue weighted by Crippen LogP contribution is 2.32. The zero-order chi connectivity index (χ0) is 21.0. The smallest absolute Gasteiger partial charge is 0.160 e. The highest BCUT2D eigenvalue weighted by molar-refractivity contribution is 5.85. The summed E-state index contributed by atoms with van der Waals surface area (Å²) in [6.45, 7) is 5.32. The van der Waals surface area contributed by atoms with Crippen LogP contribution in [0, 0.1) is 0 Å². The monoisotopic (exact) mass is 412 g/mol. The maximum atomic E-state index is 11.1. The molecule has 0 radical (unpaired) electrons. The van der Waals surface area contributed by atoms with Gasteiger partial charge in [0.05, 0.1) is 5.56 Å². The minimum Gasteiger partial charge on any atom is -0.505 e. The molecule has 156 valence electrons. The second-order valence-corrected chi connectivity index (χ2v) is 8.34. The fourth-order valence-electron chi connectivity index (χ4n) is 4.79. The molecule has 1 saturated heterocycles. The van der Waals surface area contributed by atoms with Gasteiger partial charge in [0.15, 0.2) is 11.8 Å². The summed E-state index contributed by atoms with van der Waals surface area (Å²) in [5, 5.41) is 12.1. The van der Waals surface area contributed by atoms with Gasteiger partial charge in [-0.2, -0.15) is 0 Å². The number of aromatic nitrogens is 2. The lowest BCUT2D eigenvalue weighted by atomic mass is 9.97. The Labute approximate surface area is 182 Å². The molecule has 0 amide bonds. The Kier molecular flexibility index (Phi) is 5.61. The van der Waals surface area contributed by atoms with Crippen LogP contribution in [0.25, 0.3) is 10.9 Å². The fraction of sp³-hybridized carbons (Fsp3) is 0.231. The number of quaternary nitrogens is 2. The van der Waals surface area contributed by atoms with Gasteiger partial charge in [-0.05, 0) is 24.3 Å². The Balaban J connectivity index is 1.43. The Morgan fingerprint density at radius 1 is 0.774 bits per heavy atom. The molecule has 5 heteroatoms. The lowest BCUT2D eigenvalue weighted by Crippen LogP contribution is -3.27. The molecule has 3 N–H and O–H groups in total. The number of rotatable bonds is 5. The van der Waals surface area contributed by atoms with Crippen molar-refractivity contribution in [2.45, 2.75) is 12.6 Å². The van der Waals surface area contributed by atoms with E-state index in [1.807, 2.05) is 30.5 Å². The van der Waals surface area contributed by atoms with Gasteiger partial charge in [0.25, 0.3) is 0 Å². The molecule has 1 aliphatic heterocycles. The molecule has 1 aliphatic rings. The van der Waals surface area contributed by atoms with Gasteiger partial charge in [0.2, 0.25) is 0 Å². The second kappa shape index (κ2) is 8.84. The molecular weight excluding hydrogens is 384 g/mol. The van der Waals surface area contributed by atoms with Crippen molar-refractivity contribution in [2.24, 2.45) is 0 Å². The average molecular weight is 413 g/mol. The summed E-state index contributed by atoms with van der Waals surface area (Å²) in [6, 6.07) is 24.8. The molecule has 0 bridgehead atoms. The Morgan fingerprint density at radius 2 is 1.55 bits per heavy atom. The molecule has 5 nitrogen and oxygen atoms in total. The SMILES string of the molecule is Oc1c([C@H](c2ccccn2)[NH+]2CC[NH+](Cc3ccccc3)CC2)ccc2cccnc12.